The highest BCUT2D eigenvalue weighted by Gasteiger charge is 2.23. The molecule has 0 atom stereocenters. The molecule has 2 aromatic heterocycles. The largest absolute Gasteiger partial charge is 0.464 e. The number of rotatable bonds is 2. The number of pyridine rings is 1. The predicted octanol–water partition coefficient (Wildman–Crippen LogP) is 1.28. The highest BCUT2D eigenvalue weighted by molar-refractivity contribution is 5.89. The van der Waals surface area contributed by atoms with E-state index in [0.717, 1.165) is 29.9 Å². The van der Waals surface area contributed by atoms with Crippen molar-refractivity contribution in [1.82, 2.24) is 20.3 Å². The zero-order chi connectivity index (χ0) is 14.8. The lowest BCUT2D eigenvalue weighted by Gasteiger charge is -2.19. The molecule has 0 spiro atoms. The van der Waals surface area contributed by atoms with Crippen molar-refractivity contribution in [1.29, 1.82) is 0 Å². The van der Waals surface area contributed by atoms with Crippen LogP contribution >= 0.6 is 0 Å². The van der Waals surface area contributed by atoms with Gasteiger partial charge >= 0.3 is 5.97 Å². The van der Waals surface area contributed by atoms with Crippen LogP contribution in [0.1, 0.15) is 27.4 Å². The van der Waals surface area contributed by atoms with Gasteiger partial charge in [0.05, 0.1) is 12.8 Å². The number of fused-ring (bicyclic) bond motifs is 1. The molecular weight excluding hydrogens is 268 g/mol. The van der Waals surface area contributed by atoms with Crippen molar-refractivity contribution >= 4 is 5.97 Å². The van der Waals surface area contributed by atoms with Crippen molar-refractivity contribution in [2.24, 2.45) is 0 Å². The smallest absolute Gasteiger partial charge is 0.357 e. The van der Waals surface area contributed by atoms with E-state index < -0.39 is 5.97 Å². The number of nitrogens with zero attached hydrogens (tertiary/aromatic N) is 3. The molecule has 0 aliphatic carbocycles. The van der Waals surface area contributed by atoms with Gasteiger partial charge in [-0.15, -0.1) is 0 Å². The summed E-state index contributed by atoms with van der Waals surface area (Å²) in [6.45, 7) is 3.33. The number of esters is 1. The lowest BCUT2D eigenvalue weighted by Crippen LogP contribution is -2.28. The first-order valence-corrected chi connectivity index (χ1v) is 6.82. The van der Waals surface area contributed by atoms with E-state index in [1.807, 2.05) is 25.1 Å². The quantitative estimate of drug-likeness (QED) is 0.837. The Morgan fingerprint density at radius 1 is 1.29 bits per heavy atom. The van der Waals surface area contributed by atoms with Crippen molar-refractivity contribution in [2.75, 3.05) is 13.7 Å². The molecule has 0 bridgehead atoms. The Bertz CT molecular complexity index is 700. The summed E-state index contributed by atoms with van der Waals surface area (Å²) in [4.78, 5) is 25.4. The highest BCUT2D eigenvalue weighted by atomic mass is 16.5. The van der Waals surface area contributed by atoms with Crippen molar-refractivity contribution in [3.8, 4) is 11.5 Å². The van der Waals surface area contributed by atoms with Crippen LogP contribution in [0.5, 0.6) is 0 Å². The molecule has 0 amide bonds. The molecule has 1 N–H and O–H groups in total. The summed E-state index contributed by atoms with van der Waals surface area (Å²) in [6.07, 6.45) is 0.765. The molecule has 1 aliphatic rings. The van der Waals surface area contributed by atoms with Gasteiger partial charge in [0.15, 0.2) is 11.5 Å². The number of nitrogens with one attached hydrogen (secondary N) is 1. The van der Waals surface area contributed by atoms with E-state index in [-0.39, 0.29) is 0 Å². The minimum absolute atomic E-state index is 0.327. The first-order valence-electron chi connectivity index (χ1n) is 6.82. The summed E-state index contributed by atoms with van der Waals surface area (Å²) in [5.74, 6) is 0.0333. The average Bonchev–Trinajstić information content (AvgIpc) is 2.53. The Morgan fingerprint density at radius 2 is 2.14 bits per heavy atom. The Morgan fingerprint density at radius 3 is 2.90 bits per heavy atom. The molecular formula is C15H16N4O2. The maximum Gasteiger partial charge on any atom is 0.357 e. The van der Waals surface area contributed by atoms with Crippen LogP contribution in [-0.2, 0) is 17.7 Å². The van der Waals surface area contributed by atoms with Crippen molar-refractivity contribution in [2.45, 2.75) is 19.9 Å². The molecule has 6 nitrogen and oxygen atoms in total. The lowest BCUT2D eigenvalue weighted by atomic mass is 10.0. The van der Waals surface area contributed by atoms with Crippen LogP contribution in [0.4, 0.5) is 0 Å². The molecule has 0 radical (unpaired) electrons. The SMILES string of the molecule is COC(=O)c1nc(-c2cccc(C)n2)nc2c1CNCC2. The van der Waals surface area contributed by atoms with Crippen LogP contribution < -0.4 is 5.32 Å². The fraction of sp³-hybridized carbons (Fsp3) is 0.333. The van der Waals surface area contributed by atoms with Gasteiger partial charge < -0.3 is 10.1 Å². The van der Waals surface area contributed by atoms with Gasteiger partial charge in [0, 0.05) is 30.8 Å². The maximum absolute atomic E-state index is 12.0. The normalized spacial score (nSPS) is 13.6. The van der Waals surface area contributed by atoms with Crippen LogP contribution in [0.3, 0.4) is 0 Å². The minimum Gasteiger partial charge on any atom is -0.464 e. The zero-order valence-electron chi connectivity index (χ0n) is 12.0. The van der Waals surface area contributed by atoms with Crippen LogP contribution in [-0.4, -0.2) is 34.6 Å². The van der Waals surface area contributed by atoms with E-state index in [1.54, 1.807) is 0 Å². The molecule has 0 fully saturated rings. The summed E-state index contributed by atoms with van der Waals surface area (Å²) in [6, 6.07) is 5.66. The molecule has 3 rings (SSSR count). The lowest BCUT2D eigenvalue weighted by molar-refractivity contribution is 0.0592. The molecule has 3 heterocycles. The molecule has 108 valence electrons. The number of hydrogen-bond donors (Lipinski definition) is 1. The summed E-state index contributed by atoms with van der Waals surface area (Å²) >= 11 is 0. The Kier molecular flexibility index (Phi) is 3.62. The second-order valence-corrected chi connectivity index (χ2v) is 4.90. The van der Waals surface area contributed by atoms with Crippen LogP contribution in [0.25, 0.3) is 11.5 Å². The van der Waals surface area contributed by atoms with Crippen molar-refractivity contribution in [3.63, 3.8) is 0 Å². The topological polar surface area (TPSA) is 77.0 Å². The second-order valence-electron chi connectivity index (χ2n) is 4.90. The van der Waals surface area contributed by atoms with Crippen LogP contribution in [0.15, 0.2) is 18.2 Å². The highest BCUT2D eigenvalue weighted by Crippen LogP contribution is 2.21. The van der Waals surface area contributed by atoms with Gasteiger partial charge in [0.1, 0.15) is 5.69 Å². The molecule has 0 saturated carbocycles. The van der Waals surface area contributed by atoms with Gasteiger partial charge in [-0.3, -0.25) is 0 Å². The summed E-state index contributed by atoms with van der Waals surface area (Å²) in [7, 11) is 1.36. The molecule has 1 aliphatic heterocycles. The number of ether oxygens (including phenoxy) is 1. The number of carbonyl (C=O) groups excluding carboxylic acids is 1. The maximum atomic E-state index is 12.0. The van der Waals surface area contributed by atoms with Gasteiger partial charge in [-0.25, -0.2) is 19.7 Å². The Labute approximate surface area is 122 Å². The predicted molar refractivity (Wildman–Crippen MR) is 76.8 cm³/mol. The number of carbonyl (C=O) groups is 1. The zero-order valence-corrected chi connectivity index (χ0v) is 12.0. The third-order valence-corrected chi connectivity index (χ3v) is 3.43. The van der Waals surface area contributed by atoms with E-state index in [4.69, 9.17) is 4.74 Å². The van der Waals surface area contributed by atoms with Gasteiger partial charge in [0.2, 0.25) is 0 Å². The molecule has 0 saturated heterocycles. The standard InChI is InChI=1S/C15H16N4O2/c1-9-4-3-5-12(17-9)14-18-11-6-7-16-8-10(11)13(19-14)15(20)21-2/h3-5,16H,6-8H2,1-2H3. The number of aromatic nitrogens is 3. The van der Waals surface area contributed by atoms with Crippen LogP contribution in [0.2, 0.25) is 0 Å². The molecule has 6 heteroatoms. The van der Waals surface area contributed by atoms with E-state index in [1.165, 1.54) is 7.11 Å². The summed E-state index contributed by atoms with van der Waals surface area (Å²) in [5, 5.41) is 3.23. The Balaban J connectivity index is 2.16. The average molecular weight is 284 g/mol. The van der Waals surface area contributed by atoms with Gasteiger partial charge in [-0.05, 0) is 19.1 Å². The number of aryl methyl sites for hydroxylation is 1. The first-order chi connectivity index (χ1) is 10.2. The number of hydrogen-bond acceptors (Lipinski definition) is 6. The fourth-order valence-corrected chi connectivity index (χ4v) is 2.39. The Hall–Kier alpha value is -2.34. The van der Waals surface area contributed by atoms with Crippen LogP contribution in [0, 0.1) is 6.92 Å². The molecule has 2 aromatic rings. The third-order valence-electron chi connectivity index (χ3n) is 3.43. The number of methoxy groups -OCH3 is 1. The molecule has 21 heavy (non-hydrogen) atoms. The van der Waals surface area contributed by atoms with E-state index >= 15 is 0 Å². The summed E-state index contributed by atoms with van der Waals surface area (Å²) in [5.41, 5.74) is 3.59. The monoisotopic (exact) mass is 284 g/mol. The minimum atomic E-state index is -0.439. The third kappa shape index (κ3) is 2.62. The van der Waals surface area contributed by atoms with E-state index in [2.05, 4.69) is 20.3 Å². The van der Waals surface area contributed by atoms with Gasteiger partial charge in [-0.2, -0.15) is 0 Å². The molecule has 0 unspecified atom stereocenters. The second kappa shape index (κ2) is 5.57. The summed E-state index contributed by atoms with van der Waals surface area (Å²) < 4.78 is 4.84. The molecule has 0 aromatic carbocycles. The van der Waals surface area contributed by atoms with Gasteiger partial charge in [-0.1, -0.05) is 6.07 Å². The van der Waals surface area contributed by atoms with Crippen molar-refractivity contribution in [3.05, 3.63) is 40.8 Å². The van der Waals surface area contributed by atoms with Crippen molar-refractivity contribution < 1.29 is 9.53 Å². The fourth-order valence-electron chi connectivity index (χ4n) is 2.39. The first kappa shape index (κ1) is 13.6. The van der Waals surface area contributed by atoms with Gasteiger partial charge in [0.25, 0.3) is 0 Å². The van der Waals surface area contributed by atoms with E-state index in [0.29, 0.717) is 23.8 Å². The van der Waals surface area contributed by atoms with E-state index in [9.17, 15) is 4.79 Å².